The average Bonchev–Trinajstić information content (AvgIpc) is 2.91. The normalized spacial score (nSPS) is 17.8. The first kappa shape index (κ1) is 9.76. The van der Waals surface area contributed by atoms with Crippen LogP contribution in [0, 0.1) is 5.82 Å². The van der Waals surface area contributed by atoms with E-state index in [9.17, 15) is 4.39 Å². The summed E-state index contributed by atoms with van der Waals surface area (Å²) in [4.78, 5) is 8.07. The van der Waals surface area contributed by atoms with Gasteiger partial charge >= 0.3 is 0 Å². The van der Waals surface area contributed by atoms with Gasteiger partial charge in [0.1, 0.15) is 12.1 Å². The zero-order chi connectivity index (χ0) is 11.7. The highest BCUT2D eigenvalue weighted by molar-refractivity contribution is 5.79. The molecule has 0 radical (unpaired) electrons. The van der Waals surface area contributed by atoms with Gasteiger partial charge in [0, 0.05) is 6.21 Å². The fourth-order valence-corrected chi connectivity index (χ4v) is 1.43. The molecule has 2 aromatic rings. The molecule has 2 heterocycles. The fraction of sp³-hybridized carbons (Fsp3) is 0.100. The van der Waals surface area contributed by atoms with Gasteiger partial charge in [-0.15, -0.1) is 10.2 Å². The number of benzene rings is 1. The second kappa shape index (κ2) is 3.85. The summed E-state index contributed by atoms with van der Waals surface area (Å²) in [6.45, 7) is 0. The molecular weight excluding hydrogens is 223 g/mol. The summed E-state index contributed by atoms with van der Waals surface area (Å²) in [6, 6.07) is 6.01. The Kier molecular flexibility index (Phi) is 2.21. The Morgan fingerprint density at radius 3 is 2.94 bits per heavy atom. The Labute approximate surface area is 95.5 Å². The summed E-state index contributed by atoms with van der Waals surface area (Å²) in [5, 5.41) is 11.6. The van der Waals surface area contributed by atoms with Crippen LogP contribution in [-0.4, -0.2) is 21.0 Å². The van der Waals surface area contributed by atoms with Gasteiger partial charge in [-0.3, -0.25) is 0 Å². The van der Waals surface area contributed by atoms with E-state index in [-0.39, 0.29) is 5.82 Å². The predicted octanol–water partition coefficient (Wildman–Crippen LogP) is 2.09. The Morgan fingerprint density at radius 1 is 1.29 bits per heavy atom. The van der Waals surface area contributed by atoms with Crippen molar-refractivity contribution in [1.82, 2.24) is 14.8 Å². The zero-order valence-corrected chi connectivity index (χ0v) is 8.60. The van der Waals surface area contributed by atoms with Crippen LogP contribution in [0.5, 0.6) is 0 Å². The molecule has 1 aromatic carbocycles. The lowest BCUT2D eigenvalue weighted by atomic mass is 10.2. The van der Waals surface area contributed by atoms with Gasteiger partial charge < -0.3 is 0 Å². The summed E-state index contributed by atoms with van der Waals surface area (Å²) in [5.41, 5.74) is 0.787. The molecule has 0 saturated heterocycles. The molecule has 0 N–H and O–H groups in total. The number of hydrogen-bond donors (Lipinski definition) is 0. The van der Waals surface area contributed by atoms with Gasteiger partial charge in [-0.05, 0) is 17.7 Å². The third kappa shape index (κ3) is 1.82. The number of aromatic nitrogens is 3. The number of nitrogens with zero attached hydrogens (tertiary/aromatic N) is 6. The maximum absolute atomic E-state index is 12.7. The molecule has 1 aliphatic rings. The molecule has 1 aromatic heterocycles. The van der Waals surface area contributed by atoms with Crippen LogP contribution in [0.25, 0.3) is 0 Å². The second-order valence-electron chi connectivity index (χ2n) is 3.40. The van der Waals surface area contributed by atoms with E-state index in [2.05, 4.69) is 25.3 Å². The van der Waals surface area contributed by atoms with Crippen molar-refractivity contribution in [1.29, 1.82) is 0 Å². The lowest BCUT2D eigenvalue weighted by Gasteiger charge is -2.00. The molecule has 7 heteroatoms. The summed E-state index contributed by atoms with van der Waals surface area (Å²) < 4.78 is 14.2. The smallest absolute Gasteiger partial charge is 0.243 e. The quantitative estimate of drug-likeness (QED) is 0.741. The minimum absolute atomic E-state index is 0.277. The third-order valence-electron chi connectivity index (χ3n) is 2.25. The standard InChI is InChI=1S/C10H7FN6/c11-8-3-1-7(2-4-8)5-12-9-15-16-10-13-6-14-17(9)10/h1-6,9H/b12-5+. The third-order valence-corrected chi connectivity index (χ3v) is 2.25. The first-order valence-electron chi connectivity index (χ1n) is 4.92. The Hall–Kier alpha value is -2.44. The molecule has 1 atom stereocenters. The van der Waals surface area contributed by atoms with Crippen LogP contribution in [0.1, 0.15) is 11.9 Å². The summed E-state index contributed by atoms with van der Waals surface area (Å²) in [5.74, 6) is 0.160. The van der Waals surface area contributed by atoms with Crippen molar-refractivity contribution in [3.05, 3.63) is 42.0 Å². The van der Waals surface area contributed by atoms with Crippen LogP contribution >= 0.6 is 0 Å². The van der Waals surface area contributed by atoms with Gasteiger partial charge in [0.15, 0.2) is 0 Å². The van der Waals surface area contributed by atoms with Crippen LogP contribution in [0.3, 0.4) is 0 Å². The molecule has 1 unspecified atom stereocenters. The fourth-order valence-electron chi connectivity index (χ4n) is 1.43. The lowest BCUT2D eigenvalue weighted by Crippen LogP contribution is -2.01. The van der Waals surface area contributed by atoms with Gasteiger partial charge in [0.05, 0.1) is 0 Å². The van der Waals surface area contributed by atoms with Gasteiger partial charge in [0.2, 0.25) is 0 Å². The molecule has 0 bridgehead atoms. The monoisotopic (exact) mass is 230 g/mol. The average molecular weight is 230 g/mol. The topological polar surface area (TPSA) is 67.8 Å². The van der Waals surface area contributed by atoms with Crippen molar-refractivity contribution >= 4 is 12.2 Å². The largest absolute Gasteiger partial charge is 0.270 e. The number of aliphatic imine (C=N–C) groups is 1. The Morgan fingerprint density at radius 2 is 2.12 bits per heavy atom. The first-order chi connectivity index (χ1) is 8.33. The second-order valence-corrected chi connectivity index (χ2v) is 3.40. The highest BCUT2D eigenvalue weighted by atomic mass is 19.1. The van der Waals surface area contributed by atoms with E-state index in [4.69, 9.17) is 0 Å². The van der Waals surface area contributed by atoms with Crippen molar-refractivity contribution in [2.24, 2.45) is 15.2 Å². The molecule has 0 aliphatic carbocycles. The van der Waals surface area contributed by atoms with E-state index in [1.54, 1.807) is 18.3 Å². The van der Waals surface area contributed by atoms with Gasteiger partial charge in [-0.2, -0.15) is 14.8 Å². The maximum Gasteiger partial charge on any atom is 0.270 e. The molecule has 0 saturated carbocycles. The van der Waals surface area contributed by atoms with Gasteiger partial charge in [-0.25, -0.2) is 9.38 Å². The highest BCUT2D eigenvalue weighted by Crippen LogP contribution is 2.24. The van der Waals surface area contributed by atoms with E-state index < -0.39 is 6.29 Å². The number of halogens is 1. The Balaban J connectivity index is 1.81. The molecule has 3 rings (SSSR count). The van der Waals surface area contributed by atoms with E-state index in [1.807, 2.05) is 0 Å². The molecular formula is C10H7FN6. The van der Waals surface area contributed by atoms with Crippen LogP contribution < -0.4 is 0 Å². The number of azo groups is 1. The minimum atomic E-state index is -0.516. The van der Waals surface area contributed by atoms with Crippen molar-refractivity contribution in [2.75, 3.05) is 0 Å². The van der Waals surface area contributed by atoms with Crippen LogP contribution in [0.4, 0.5) is 10.3 Å². The molecule has 0 amide bonds. The summed E-state index contributed by atoms with van der Waals surface area (Å²) in [7, 11) is 0. The van der Waals surface area contributed by atoms with Crippen LogP contribution in [0.2, 0.25) is 0 Å². The van der Waals surface area contributed by atoms with Crippen LogP contribution in [-0.2, 0) is 0 Å². The lowest BCUT2D eigenvalue weighted by molar-refractivity contribution is 0.519. The van der Waals surface area contributed by atoms with Crippen molar-refractivity contribution in [3.63, 3.8) is 0 Å². The molecule has 17 heavy (non-hydrogen) atoms. The first-order valence-corrected chi connectivity index (χ1v) is 4.92. The molecule has 0 spiro atoms. The van der Waals surface area contributed by atoms with Crippen molar-refractivity contribution < 1.29 is 4.39 Å². The molecule has 0 fully saturated rings. The number of hydrogen-bond acceptors (Lipinski definition) is 5. The molecule has 84 valence electrons. The zero-order valence-electron chi connectivity index (χ0n) is 8.60. The van der Waals surface area contributed by atoms with Crippen LogP contribution in [0.15, 0.2) is 45.8 Å². The van der Waals surface area contributed by atoms with Crippen molar-refractivity contribution in [3.8, 4) is 0 Å². The summed E-state index contributed by atoms with van der Waals surface area (Å²) >= 11 is 0. The van der Waals surface area contributed by atoms with E-state index in [0.717, 1.165) is 5.56 Å². The van der Waals surface area contributed by atoms with Crippen molar-refractivity contribution in [2.45, 2.75) is 6.29 Å². The SMILES string of the molecule is Fc1ccc(/C=N/C2N=Nc3ncnn32)cc1. The Bertz CT molecular complexity index is 585. The van der Waals surface area contributed by atoms with E-state index in [0.29, 0.717) is 5.95 Å². The van der Waals surface area contributed by atoms with E-state index >= 15 is 0 Å². The summed E-state index contributed by atoms with van der Waals surface area (Å²) in [6.07, 6.45) is 2.48. The number of fused-ring (bicyclic) bond motifs is 1. The predicted molar refractivity (Wildman–Crippen MR) is 57.6 cm³/mol. The van der Waals surface area contributed by atoms with Gasteiger partial charge in [0.25, 0.3) is 12.2 Å². The minimum Gasteiger partial charge on any atom is -0.243 e. The van der Waals surface area contributed by atoms with Gasteiger partial charge in [-0.1, -0.05) is 12.1 Å². The number of rotatable bonds is 2. The van der Waals surface area contributed by atoms with E-state index in [1.165, 1.54) is 23.1 Å². The highest BCUT2D eigenvalue weighted by Gasteiger charge is 2.19. The maximum atomic E-state index is 12.7. The molecule has 6 nitrogen and oxygen atoms in total. The molecule has 1 aliphatic heterocycles.